The van der Waals surface area contributed by atoms with Gasteiger partial charge in [0.1, 0.15) is 5.75 Å². The second kappa shape index (κ2) is 12.3. The Balaban J connectivity index is 0.000000505. The van der Waals surface area contributed by atoms with Crippen LogP contribution in [0.4, 0.5) is 26.3 Å². The topological polar surface area (TPSA) is 77.5 Å². The summed E-state index contributed by atoms with van der Waals surface area (Å²) in [5.74, 6) is -0.823. The first-order valence-electron chi connectivity index (χ1n) is 14.5. The van der Waals surface area contributed by atoms with E-state index in [2.05, 4.69) is 0 Å². The second-order valence-corrected chi connectivity index (χ2v) is 11.3. The van der Waals surface area contributed by atoms with Crippen LogP contribution in [0.5, 0.6) is 5.75 Å². The molecule has 238 valence electrons. The minimum atomic E-state index is -5.05. The average molecular weight is 631 g/mol. The summed E-state index contributed by atoms with van der Waals surface area (Å²) in [6, 6.07) is 13.7. The molecule has 2 aliphatic rings. The fraction of sp³-hybridized carbons (Fsp3) is 0.324. The maximum Gasteiger partial charge on any atom is 0.416 e. The Morgan fingerprint density at radius 2 is 1.53 bits per heavy atom. The highest BCUT2D eigenvalue weighted by molar-refractivity contribution is 5.92. The molecule has 0 bridgehead atoms. The summed E-state index contributed by atoms with van der Waals surface area (Å²) in [6.07, 6.45) is -3.04. The molecular formula is C34H32F6N2O3. The molecule has 5 nitrogen and oxygen atoms in total. The number of carbonyl (C=O) groups is 1. The van der Waals surface area contributed by atoms with Gasteiger partial charge in [-0.25, -0.2) is 4.79 Å². The number of aromatic nitrogens is 1. The van der Waals surface area contributed by atoms with Gasteiger partial charge in [-0.2, -0.15) is 26.3 Å². The number of ether oxygens (including phenoxy) is 1. The standard InChI is InChI=1S/C28H19F6NO3.C6H13N/c1-14-20(26(36)37)13-23(16-9-17(27(29,30)31)12-18(10-16)28(32,33)34)35(14)22-7-8-24(38-2)25-19-6-4-3-5-15(19)11-21(22)25;7-6-4-2-1-3-5-6/h3-10,12-13H,11H2,1-2H3,(H,36,37);6H,1-5,7H2. The molecule has 1 saturated carbocycles. The highest BCUT2D eigenvalue weighted by atomic mass is 19.4. The quantitative estimate of drug-likeness (QED) is 0.194. The average Bonchev–Trinajstić information content (AvgIpc) is 3.55. The summed E-state index contributed by atoms with van der Waals surface area (Å²) in [7, 11) is 1.49. The van der Waals surface area contributed by atoms with Gasteiger partial charge >= 0.3 is 18.3 Å². The third-order valence-corrected chi connectivity index (χ3v) is 8.38. The van der Waals surface area contributed by atoms with Crippen molar-refractivity contribution >= 4 is 5.97 Å². The van der Waals surface area contributed by atoms with E-state index in [9.17, 15) is 36.2 Å². The number of methoxy groups -OCH3 is 1. The Labute approximate surface area is 256 Å². The van der Waals surface area contributed by atoms with E-state index in [1.807, 2.05) is 24.3 Å². The van der Waals surface area contributed by atoms with Crippen LogP contribution in [0.3, 0.4) is 0 Å². The maximum atomic E-state index is 13.6. The number of nitrogens with zero attached hydrogens (tertiary/aromatic N) is 1. The van der Waals surface area contributed by atoms with E-state index < -0.39 is 35.0 Å². The smallest absolute Gasteiger partial charge is 0.416 e. The summed E-state index contributed by atoms with van der Waals surface area (Å²) >= 11 is 0. The van der Waals surface area contributed by atoms with Gasteiger partial charge in [-0.3, -0.25) is 0 Å². The molecule has 4 aromatic rings. The van der Waals surface area contributed by atoms with Crippen molar-refractivity contribution in [2.24, 2.45) is 5.73 Å². The molecule has 45 heavy (non-hydrogen) atoms. The van der Waals surface area contributed by atoms with Gasteiger partial charge in [0, 0.05) is 23.7 Å². The minimum Gasteiger partial charge on any atom is -0.496 e. The number of alkyl halides is 6. The van der Waals surface area contributed by atoms with Crippen molar-refractivity contribution in [2.45, 2.75) is 63.8 Å². The van der Waals surface area contributed by atoms with Crippen molar-refractivity contribution < 1.29 is 41.0 Å². The zero-order chi connectivity index (χ0) is 32.7. The molecule has 1 aromatic heterocycles. The molecule has 2 aliphatic carbocycles. The van der Waals surface area contributed by atoms with Gasteiger partial charge in [-0.1, -0.05) is 43.5 Å². The Kier molecular flexibility index (Phi) is 8.77. The molecule has 0 aliphatic heterocycles. The molecule has 3 aromatic carbocycles. The number of halogens is 6. The number of aromatic carboxylic acids is 1. The van der Waals surface area contributed by atoms with Crippen LogP contribution in [0.2, 0.25) is 0 Å². The largest absolute Gasteiger partial charge is 0.496 e. The minimum absolute atomic E-state index is 0.0451. The van der Waals surface area contributed by atoms with Gasteiger partial charge in [-0.05, 0) is 78.4 Å². The molecule has 0 unspecified atom stereocenters. The molecule has 11 heteroatoms. The Morgan fingerprint density at radius 1 is 0.911 bits per heavy atom. The SMILES string of the molecule is COc1ccc(-n2c(-c3cc(C(F)(F)F)cc(C(F)(F)F)c3)cc(C(=O)O)c2C)c2c1-c1ccccc1C2.NC1CCCCC1. The van der Waals surface area contributed by atoms with E-state index in [1.165, 1.54) is 50.7 Å². The van der Waals surface area contributed by atoms with E-state index in [0.29, 0.717) is 41.6 Å². The van der Waals surface area contributed by atoms with Gasteiger partial charge in [0.05, 0.1) is 35.2 Å². The van der Waals surface area contributed by atoms with Gasteiger partial charge < -0.3 is 20.1 Å². The molecule has 0 atom stereocenters. The Hall–Kier alpha value is -4.25. The number of nitrogens with two attached hydrogens (primary N) is 1. The molecule has 0 spiro atoms. The predicted octanol–water partition coefficient (Wildman–Crippen LogP) is 9.05. The number of carboxylic acids is 1. The Bertz CT molecular complexity index is 1700. The zero-order valence-electron chi connectivity index (χ0n) is 24.6. The summed E-state index contributed by atoms with van der Waals surface area (Å²) in [4.78, 5) is 12.0. The molecule has 3 N–H and O–H groups in total. The number of rotatable bonds is 4. The van der Waals surface area contributed by atoms with E-state index in [1.54, 1.807) is 12.1 Å². The first kappa shape index (κ1) is 32.2. The number of hydrogen-bond acceptors (Lipinski definition) is 3. The van der Waals surface area contributed by atoms with Gasteiger partial charge in [0.15, 0.2) is 0 Å². The van der Waals surface area contributed by atoms with Crippen LogP contribution in [0.25, 0.3) is 28.1 Å². The normalized spacial score (nSPS) is 14.8. The molecule has 0 saturated heterocycles. The highest BCUT2D eigenvalue weighted by Crippen LogP contribution is 2.47. The molecule has 0 radical (unpaired) electrons. The van der Waals surface area contributed by atoms with E-state index in [-0.39, 0.29) is 23.0 Å². The van der Waals surface area contributed by atoms with Crippen molar-refractivity contribution in [3.05, 3.63) is 94.2 Å². The fourth-order valence-electron chi connectivity index (χ4n) is 6.16. The monoisotopic (exact) mass is 630 g/mol. The van der Waals surface area contributed by atoms with Crippen LogP contribution in [-0.2, 0) is 18.8 Å². The van der Waals surface area contributed by atoms with Crippen molar-refractivity contribution in [1.29, 1.82) is 0 Å². The molecule has 1 fully saturated rings. The van der Waals surface area contributed by atoms with Gasteiger partial charge in [0.25, 0.3) is 0 Å². The van der Waals surface area contributed by atoms with Crippen LogP contribution in [0.15, 0.2) is 60.7 Å². The van der Waals surface area contributed by atoms with E-state index >= 15 is 0 Å². The molecule has 0 amide bonds. The zero-order valence-corrected chi connectivity index (χ0v) is 24.6. The first-order chi connectivity index (χ1) is 21.2. The molecular weight excluding hydrogens is 598 g/mol. The summed E-state index contributed by atoms with van der Waals surface area (Å²) in [5, 5.41) is 9.79. The van der Waals surface area contributed by atoms with E-state index in [4.69, 9.17) is 10.5 Å². The lowest BCUT2D eigenvalue weighted by atomic mass is 9.97. The highest BCUT2D eigenvalue weighted by Gasteiger charge is 2.38. The van der Waals surface area contributed by atoms with Crippen molar-refractivity contribution in [1.82, 2.24) is 4.57 Å². The van der Waals surface area contributed by atoms with Crippen LogP contribution < -0.4 is 10.5 Å². The first-order valence-corrected chi connectivity index (χ1v) is 14.5. The van der Waals surface area contributed by atoms with Gasteiger partial charge in [-0.15, -0.1) is 0 Å². The summed E-state index contributed by atoms with van der Waals surface area (Å²) in [5.41, 5.74) is 5.76. The van der Waals surface area contributed by atoms with Gasteiger partial charge in [0.2, 0.25) is 0 Å². The third kappa shape index (κ3) is 6.45. The number of hydrogen-bond donors (Lipinski definition) is 2. The van der Waals surface area contributed by atoms with Crippen molar-refractivity contribution in [3.63, 3.8) is 0 Å². The molecule has 1 heterocycles. The van der Waals surface area contributed by atoms with Crippen molar-refractivity contribution in [2.75, 3.05) is 7.11 Å². The molecule has 6 rings (SSSR count). The predicted molar refractivity (Wildman–Crippen MR) is 159 cm³/mol. The third-order valence-electron chi connectivity index (χ3n) is 8.38. The summed E-state index contributed by atoms with van der Waals surface area (Å²) in [6.45, 7) is 1.46. The lowest BCUT2D eigenvalue weighted by Gasteiger charge is -2.19. The lowest BCUT2D eigenvalue weighted by molar-refractivity contribution is -0.143. The number of benzene rings is 3. The summed E-state index contributed by atoms with van der Waals surface area (Å²) < 4.78 is 88.7. The Morgan fingerprint density at radius 3 is 2.07 bits per heavy atom. The van der Waals surface area contributed by atoms with Crippen molar-refractivity contribution in [3.8, 4) is 33.8 Å². The van der Waals surface area contributed by atoms with Crippen LogP contribution in [0, 0.1) is 6.92 Å². The van der Waals surface area contributed by atoms with E-state index in [0.717, 1.165) is 22.8 Å². The van der Waals surface area contributed by atoms with Crippen LogP contribution >= 0.6 is 0 Å². The maximum absolute atomic E-state index is 13.6. The second-order valence-electron chi connectivity index (χ2n) is 11.3. The van der Waals surface area contributed by atoms with Crippen LogP contribution in [0.1, 0.15) is 70.4 Å². The fourth-order valence-corrected chi connectivity index (χ4v) is 6.16. The lowest BCUT2D eigenvalue weighted by Crippen LogP contribution is -2.22. The number of carboxylic acid groups (broad SMARTS) is 1. The van der Waals surface area contributed by atoms with Crippen LogP contribution in [-0.4, -0.2) is 28.8 Å². The number of fused-ring (bicyclic) bond motifs is 3.